The van der Waals surface area contributed by atoms with E-state index in [0.29, 0.717) is 29.7 Å². The van der Waals surface area contributed by atoms with E-state index in [2.05, 4.69) is 19.2 Å². The van der Waals surface area contributed by atoms with Gasteiger partial charge in [0.1, 0.15) is 6.61 Å². The highest BCUT2D eigenvalue weighted by molar-refractivity contribution is 6.04. The van der Waals surface area contributed by atoms with Crippen LogP contribution >= 0.6 is 0 Å². The van der Waals surface area contributed by atoms with Gasteiger partial charge < -0.3 is 19.7 Å². The van der Waals surface area contributed by atoms with Crippen LogP contribution in [-0.4, -0.2) is 55.7 Å². The van der Waals surface area contributed by atoms with Crippen LogP contribution in [0.3, 0.4) is 0 Å². The molecule has 6 heteroatoms. The average Bonchev–Trinajstić information content (AvgIpc) is 3.14. The van der Waals surface area contributed by atoms with Crippen LogP contribution in [0.1, 0.15) is 43.5 Å². The Kier molecular flexibility index (Phi) is 6.85. The summed E-state index contributed by atoms with van der Waals surface area (Å²) in [6.07, 6.45) is 3.26. The van der Waals surface area contributed by atoms with Crippen LogP contribution in [0.4, 0.5) is 5.69 Å². The van der Waals surface area contributed by atoms with Gasteiger partial charge in [-0.1, -0.05) is 26.0 Å². The minimum Gasteiger partial charge on any atom is -0.376 e. The maximum atomic E-state index is 13.0. The van der Waals surface area contributed by atoms with Crippen molar-refractivity contribution in [2.24, 2.45) is 11.8 Å². The molecule has 2 aliphatic heterocycles. The number of amides is 2. The number of carbonyl (C=O) groups excluding carboxylic acids is 2. The molecule has 2 aliphatic rings. The quantitative estimate of drug-likeness (QED) is 0.831. The molecule has 1 aromatic rings. The molecule has 3 unspecified atom stereocenters. The molecule has 2 heterocycles. The fraction of sp³-hybridized carbons (Fsp3) is 0.619. The van der Waals surface area contributed by atoms with E-state index in [4.69, 9.17) is 9.47 Å². The van der Waals surface area contributed by atoms with Crippen molar-refractivity contribution in [3.63, 3.8) is 0 Å². The highest BCUT2D eigenvalue weighted by atomic mass is 16.5. The Morgan fingerprint density at radius 2 is 1.96 bits per heavy atom. The van der Waals surface area contributed by atoms with Crippen LogP contribution in [-0.2, 0) is 14.3 Å². The van der Waals surface area contributed by atoms with E-state index in [1.807, 2.05) is 17.0 Å². The van der Waals surface area contributed by atoms with Crippen LogP contribution in [0.2, 0.25) is 0 Å². The first-order chi connectivity index (χ1) is 13.0. The summed E-state index contributed by atoms with van der Waals surface area (Å²) in [5, 5.41) is 2.83. The predicted octanol–water partition coefficient (Wildman–Crippen LogP) is 2.94. The predicted molar refractivity (Wildman–Crippen MR) is 104 cm³/mol. The molecule has 148 valence electrons. The van der Waals surface area contributed by atoms with E-state index in [0.717, 1.165) is 39.0 Å². The van der Waals surface area contributed by atoms with E-state index in [-0.39, 0.29) is 24.5 Å². The van der Waals surface area contributed by atoms with Crippen LogP contribution in [0, 0.1) is 11.8 Å². The number of nitrogens with one attached hydrogen (secondary N) is 1. The molecule has 0 saturated carbocycles. The number of likely N-dealkylation sites (tertiary alicyclic amines) is 1. The van der Waals surface area contributed by atoms with Crippen molar-refractivity contribution in [2.45, 2.75) is 39.2 Å². The Balaban J connectivity index is 1.57. The molecule has 0 aromatic heterocycles. The van der Waals surface area contributed by atoms with Gasteiger partial charge in [0.25, 0.3) is 5.91 Å². The summed E-state index contributed by atoms with van der Waals surface area (Å²) in [4.78, 5) is 27.1. The Labute approximate surface area is 161 Å². The summed E-state index contributed by atoms with van der Waals surface area (Å²) in [7, 11) is 0. The zero-order chi connectivity index (χ0) is 19.2. The molecule has 3 rings (SSSR count). The molecule has 0 aliphatic carbocycles. The van der Waals surface area contributed by atoms with Gasteiger partial charge in [0.2, 0.25) is 5.91 Å². The fourth-order valence-electron chi connectivity index (χ4n) is 4.02. The topological polar surface area (TPSA) is 67.9 Å². The third kappa shape index (κ3) is 5.53. The standard InChI is InChI=1S/C21H30N2O4/c1-15-10-16(2)12-23(11-15)21(25)18-7-3-4-8-19(18)22-20(24)14-26-13-17-6-5-9-27-17/h3-4,7-8,15-17H,5-6,9-14H2,1-2H3,(H,22,24). The van der Waals surface area contributed by atoms with Crippen molar-refractivity contribution in [2.75, 3.05) is 38.2 Å². The minimum absolute atomic E-state index is 0.0235. The van der Waals surface area contributed by atoms with Crippen LogP contribution in [0.25, 0.3) is 0 Å². The molecular formula is C21H30N2O4. The van der Waals surface area contributed by atoms with Crippen LogP contribution < -0.4 is 5.32 Å². The van der Waals surface area contributed by atoms with Gasteiger partial charge in [-0.05, 0) is 43.2 Å². The maximum absolute atomic E-state index is 13.0. The third-order valence-corrected chi connectivity index (χ3v) is 5.15. The summed E-state index contributed by atoms with van der Waals surface area (Å²) in [5.74, 6) is 0.703. The molecule has 0 bridgehead atoms. The molecule has 0 radical (unpaired) electrons. The lowest BCUT2D eigenvalue weighted by atomic mass is 9.91. The minimum atomic E-state index is -0.256. The number of anilines is 1. The largest absolute Gasteiger partial charge is 0.376 e. The van der Waals surface area contributed by atoms with Crippen molar-refractivity contribution < 1.29 is 19.1 Å². The van der Waals surface area contributed by atoms with Gasteiger partial charge in [0.15, 0.2) is 0 Å². The number of carbonyl (C=O) groups is 2. The second-order valence-corrected chi connectivity index (χ2v) is 7.90. The molecule has 2 amide bonds. The van der Waals surface area contributed by atoms with Crippen LogP contribution in [0.5, 0.6) is 0 Å². The first-order valence-electron chi connectivity index (χ1n) is 9.90. The molecule has 2 fully saturated rings. The summed E-state index contributed by atoms with van der Waals surface area (Å²) in [6.45, 7) is 7.02. The number of hydrogen-bond donors (Lipinski definition) is 1. The smallest absolute Gasteiger partial charge is 0.255 e. The lowest BCUT2D eigenvalue weighted by Gasteiger charge is -2.35. The number of benzene rings is 1. The lowest BCUT2D eigenvalue weighted by Crippen LogP contribution is -2.42. The average molecular weight is 374 g/mol. The Bertz CT molecular complexity index is 647. The number of para-hydroxylation sites is 1. The zero-order valence-corrected chi connectivity index (χ0v) is 16.3. The highest BCUT2D eigenvalue weighted by Crippen LogP contribution is 2.25. The van der Waals surface area contributed by atoms with Gasteiger partial charge >= 0.3 is 0 Å². The van der Waals surface area contributed by atoms with E-state index < -0.39 is 0 Å². The number of ether oxygens (including phenoxy) is 2. The Hall–Kier alpha value is -1.92. The SMILES string of the molecule is CC1CC(C)CN(C(=O)c2ccccc2NC(=O)COCC2CCCO2)C1. The first kappa shape index (κ1) is 19.8. The summed E-state index contributed by atoms with van der Waals surface area (Å²) >= 11 is 0. The molecule has 0 spiro atoms. The molecule has 1 N–H and O–H groups in total. The lowest BCUT2D eigenvalue weighted by molar-refractivity contribution is -0.121. The summed E-state index contributed by atoms with van der Waals surface area (Å²) in [5.41, 5.74) is 1.07. The van der Waals surface area contributed by atoms with Gasteiger partial charge in [-0.2, -0.15) is 0 Å². The van der Waals surface area contributed by atoms with Crippen molar-refractivity contribution in [3.05, 3.63) is 29.8 Å². The molecule has 1 aromatic carbocycles. The van der Waals surface area contributed by atoms with Gasteiger partial charge in [-0.3, -0.25) is 9.59 Å². The van der Waals surface area contributed by atoms with Gasteiger partial charge in [-0.15, -0.1) is 0 Å². The molecule has 3 atom stereocenters. The summed E-state index contributed by atoms with van der Waals surface area (Å²) in [6, 6.07) is 7.19. The van der Waals surface area contributed by atoms with Gasteiger partial charge in [0.05, 0.1) is 24.0 Å². The second kappa shape index (κ2) is 9.33. The van der Waals surface area contributed by atoms with Crippen molar-refractivity contribution in [1.82, 2.24) is 4.90 Å². The Morgan fingerprint density at radius 1 is 1.22 bits per heavy atom. The van der Waals surface area contributed by atoms with E-state index in [1.54, 1.807) is 12.1 Å². The molecular weight excluding hydrogens is 344 g/mol. The first-order valence-corrected chi connectivity index (χ1v) is 9.90. The molecule has 6 nitrogen and oxygen atoms in total. The van der Waals surface area contributed by atoms with Crippen molar-refractivity contribution in [3.8, 4) is 0 Å². The second-order valence-electron chi connectivity index (χ2n) is 7.90. The van der Waals surface area contributed by atoms with Gasteiger partial charge in [-0.25, -0.2) is 0 Å². The van der Waals surface area contributed by atoms with Crippen molar-refractivity contribution in [1.29, 1.82) is 0 Å². The number of hydrogen-bond acceptors (Lipinski definition) is 4. The van der Waals surface area contributed by atoms with E-state index in [1.165, 1.54) is 0 Å². The van der Waals surface area contributed by atoms with Crippen LogP contribution in [0.15, 0.2) is 24.3 Å². The number of piperidine rings is 1. The zero-order valence-electron chi connectivity index (χ0n) is 16.3. The summed E-state index contributed by atoms with van der Waals surface area (Å²) < 4.78 is 10.9. The monoisotopic (exact) mass is 374 g/mol. The normalized spacial score (nSPS) is 25.4. The maximum Gasteiger partial charge on any atom is 0.255 e. The molecule has 2 saturated heterocycles. The van der Waals surface area contributed by atoms with Gasteiger partial charge in [0, 0.05) is 19.7 Å². The highest BCUT2D eigenvalue weighted by Gasteiger charge is 2.27. The van der Waals surface area contributed by atoms with E-state index >= 15 is 0 Å². The third-order valence-electron chi connectivity index (χ3n) is 5.15. The number of rotatable bonds is 6. The molecule has 27 heavy (non-hydrogen) atoms. The van der Waals surface area contributed by atoms with E-state index in [9.17, 15) is 9.59 Å². The fourth-order valence-corrected chi connectivity index (χ4v) is 4.02. The Morgan fingerprint density at radius 3 is 2.67 bits per heavy atom. The van der Waals surface area contributed by atoms with Crippen molar-refractivity contribution >= 4 is 17.5 Å². The number of nitrogens with zero attached hydrogens (tertiary/aromatic N) is 1.